The van der Waals surface area contributed by atoms with Crippen molar-refractivity contribution in [3.63, 3.8) is 0 Å². The average molecular weight is 337 g/mol. The van der Waals surface area contributed by atoms with E-state index in [1.54, 1.807) is 14.2 Å². The van der Waals surface area contributed by atoms with Gasteiger partial charge in [0.05, 0.1) is 14.2 Å². The van der Waals surface area contributed by atoms with E-state index >= 15 is 0 Å². The van der Waals surface area contributed by atoms with Gasteiger partial charge in [0.2, 0.25) is 0 Å². The Morgan fingerprint density at radius 1 is 1.04 bits per heavy atom. The first-order chi connectivity index (χ1) is 12.3. The number of pyridine rings is 1. The lowest BCUT2D eigenvalue weighted by Gasteiger charge is -2.16. The molecular weight excluding hydrogens is 314 g/mol. The Balaban J connectivity index is 1.89. The third-order valence-electron chi connectivity index (χ3n) is 4.88. The highest BCUT2D eigenvalue weighted by Crippen LogP contribution is 2.41. The van der Waals surface area contributed by atoms with Crippen molar-refractivity contribution >= 4 is 11.5 Å². The minimum Gasteiger partial charge on any atom is -0.493 e. The van der Waals surface area contributed by atoms with E-state index in [2.05, 4.69) is 15.9 Å². The topological polar surface area (TPSA) is 47.8 Å². The second-order valence-corrected chi connectivity index (χ2v) is 6.40. The van der Waals surface area contributed by atoms with E-state index in [1.165, 1.54) is 25.7 Å². The zero-order valence-corrected chi connectivity index (χ0v) is 14.7. The standard InChI is InChI=1S/C20H23N3O2/c1-24-16-11-7-10-15(19(16)25-2)18-20(21-14-8-3-4-9-14)23-13-6-5-12-17(23)22-18/h5-7,10-14,21H,3-4,8-9H2,1-2H3. The number of para-hydroxylation sites is 1. The van der Waals surface area contributed by atoms with Gasteiger partial charge in [0.1, 0.15) is 17.2 Å². The van der Waals surface area contributed by atoms with Crippen LogP contribution in [0.3, 0.4) is 0 Å². The smallest absolute Gasteiger partial charge is 0.170 e. The van der Waals surface area contributed by atoms with Crippen LogP contribution in [0.2, 0.25) is 0 Å². The SMILES string of the molecule is COc1cccc(-c2nc3ccccn3c2NC2CCCC2)c1OC. The number of imidazole rings is 1. The van der Waals surface area contributed by atoms with Gasteiger partial charge in [-0.2, -0.15) is 0 Å². The predicted octanol–water partition coefficient (Wildman–Crippen LogP) is 4.37. The average Bonchev–Trinajstić information content (AvgIpc) is 3.29. The maximum atomic E-state index is 5.64. The van der Waals surface area contributed by atoms with Crippen LogP contribution in [0.15, 0.2) is 42.6 Å². The van der Waals surface area contributed by atoms with Crippen LogP contribution >= 0.6 is 0 Å². The molecule has 3 aromatic rings. The van der Waals surface area contributed by atoms with Gasteiger partial charge in [-0.25, -0.2) is 4.98 Å². The normalized spacial score (nSPS) is 14.8. The van der Waals surface area contributed by atoms with Crippen molar-refractivity contribution in [2.45, 2.75) is 31.7 Å². The summed E-state index contributed by atoms with van der Waals surface area (Å²) in [5.74, 6) is 2.45. The first-order valence-corrected chi connectivity index (χ1v) is 8.77. The van der Waals surface area contributed by atoms with Crippen LogP contribution in [0.1, 0.15) is 25.7 Å². The molecule has 0 amide bonds. The van der Waals surface area contributed by atoms with Crippen molar-refractivity contribution in [2.75, 3.05) is 19.5 Å². The largest absolute Gasteiger partial charge is 0.493 e. The highest BCUT2D eigenvalue weighted by Gasteiger charge is 2.23. The van der Waals surface area contributed by atoms with Crippen LogP contribution in [0, 0.1) is 0 Å². The third-order valence-corrected chi connectivity index (χ3v) is 4.88. The number of fused-ring (bicyclic) bond motifs is 1. The van der Waals surface area contributed by atoms with Gasteiger partial charge in [-0.05, 0) is 37.1 Å². The molecule has 4 rings (SSSR count). The van der Waals surface area contributed by atoms with Crippen LogP contribution in [-0.2, 0) is 0 Å². The van der Waals surface area contributed by atoms with Gasteiger partial charge in [-0.3, -0.25) is 4.40 Å². The van der Waals surface area contributed by atoms with E-state index in [1.807, 2.05) is 36.4 Å². The van der Waals surface area contributed by atoms with E-state index in [9.17, 15) is 0 Å². The summed E-state index contributed by atoms with van der Waals surface area (Å²) in [7, 11) is 3.32. The monoisotopic (exact) mass is 337 g/mol. The maximum absolute atomic E-state index is 5.64. The van der Waals surface area contributed by atoms with E-state index in [0.717, 1.165) is 22.7 Å². The lowest BCUT2D eigenvalue weighted by Crippen LogP contribution is -2.16. The Hall–Kier alpha value is -2.69. The Bertz CT molecular complexity index is 882. The molecule has 5 heteroatoms. The second kappa shape index (κ2) is 6.67. The second-order valence-electron chi connectivity index (χ2n) is 6.40. The summed E-state index contributed by atoms with van der Waals surface area (Å²) >= 11 is 0. The number of methoxy groups -OCH3 is 2. The van der Waals surface area contributed by atoms with Crippen molar-refractivity contribution in [3.05, 3.63) is 42.6 Å². The summed E-state index contributed by atoms with van der Waals surface area (Å²) < 4.78 is 13.2. The molecule has 2 aromatic heterocycles. The Labute approximate surface area is 147 Å². The third kappa shape index (κ3) is 2.80. The Kier molecular flexibility index (Phi) is 4.22. The van der Waals surface area contributed by atoms with Crippen LogP contribution in [0.25, 0.3) is 16.9 Å². The predicted molar refractivity (Wildman–Crippen MR) is 99.6 cm³/mol. The number of ether oxygens (including phenoxy) is 2. The number of nitrogens with one attached hydrogen (secondary N) is 1. The van der Waals surface area contributed by atoms with E-state index in [-0.39, 0.29) is 0 Å². The number of rotatable bonds is 5. The van der Waals surface area contributed by atoms with Crippen molar-refractivity contribution in [1.82, 2.24) is 9.38 Å². The number of anilines is 1. The molecule has 0 bridgehead atoms. The fourth-order valence-corrected chi connectivity index (χ4v) is 3.66. The van der Waals surface area contributed by atoms with E-state index in [0.29, 0.717) is 17.5 Å². The van der Waals surface area contributed by atoms with Crippen molar-refractivity contribution in [3.8, 4) is 22.8 Å². The van der Waals surface area contributed by atoms with Crippen LogP contribution < -0.4 is 14.8 Å². The summed E-state index contributed by atoms with van der Waals surface area (Å²) in [5, 5.41) is 3.72. The summed E-state index contributed by atoms with van der Waals surface area (Å²) in [6.45, 7) is 0. The molecular formula is C20H23N3O2. The molecule has 0 aliphatic heterocycles. The summed E-state index contributed by atoms with van der Waals surface area (Å²) in [4.78, 5) is 4.87. The summed E-state index contributed by atoms with van der Waals surface area (Å²) in [6.07, 6.45) is 7.03. The maximum Gasteiger partial charge on any atom is 0.170 e. The molecule has 1 saturated carbocycles. The molecule has 1 N–H and O–H groups in total. The highest BCUT2D eigenvalue weighted by molar-refractivity contribution is 5.82. The Morgan fingerprint density at radius 3 is 2.64 bits per heavy atom. The van der Waals surface area contributed by atoms with Gasteiger partial charge < -0.3 is 14.8 Å². The number of nitrogens with zero attached hydrogens (tertiary/aromatic N) is 2. The van der Waals surface area contributed by atoms with Gasteiger partial charge in [0.25, 0.3) is 0 Å². The molecule has 0 unspecified atom stereocenters. The first-order valence-electron chi connectivity index (χ1n) is 8.77. The van der Waals surface area contributed by atoms with Gasteiger partial charge in [0, 0.05) is 17.8 Å². The quantitative estimate of drug-likeness (QED) is 0.751. The summed E-state index contributed by atoms with van der Waals surface area (Å²) in [6, 6.07) is 12.5. The molecule has 0 saturated heterocycles. The molecule has 0 spiro atoms. The van der Waals surface area contributed by atoms with Crippen LogP contribution in [-0.4, -0.2) is 29.6 Å². The number of aromatic nitrogens is 2. The zero-order valence-electron chi connectivity index (χ0n) is 14.7. The number of hydrogen-bond donors (Lipinski definition) is 1. The molecule has 25 heavy (non-hydrogen) atoms. The molecule has 0 radical (unpaired) electrons. The van der Waals surface area contributed by atoms with Crippen LogP contribution in [0.4, 0.5) is 5.82 Å². The fraction of sp³-hybridized carbons (Fsp3) is 0.350. The van der Waals surface area contributed by atoms with Gasteiger partial charge in [0.15, 0.2) is 11.5 Å². The van der Waals surface area contributed by atoms with Crippen molar-refractivity contribution in [1.29, 1.82) is 0 Å². The lowest BCUT2D eigenvalue weighted by atomic mass is 10.1. The number of hydrogen-bond acceptors (Lipinski definition) is 4. The molecule has 1 aliphatic rings. The lowest BCUT2D eigenvalue weighted by molar-refractivity contribution is 0.356. The van der Waals surface area contributed by atoms with Crippen molar-refractivity contribution in [2.24, 2.45) is 0 Å². The molecule has 5 nitrogen and oxygen atoms in total. The van der Waals surface area contributed by atoms with E-state index < -0.39 is 0 Å². The van der Waals surface area contributed by atoms with Crippen LogP contribution in [0.5, 0.6) is 11.5 Å². The van der Waals surface area contributed by atoms with E-state index in [4.69, 9.17) is 14.5 Å². The molecule has 1 fully saturated rings. The van der Waals surface area contributed by atoms with Gasteiger partial charge in [-0.15, -0.1) is 0 Å². The molecule has 2 heterocycles. The highest BCUT2D eigenvalue weighted by atomic mass is 16.5. The van der Waals surface area contributed by atoms with Gasteiger partial charge in [-0.1, -0.05) is 25.0 Å². The first kappa shape index (κ1) is 15.8. The minimum absolute atomic E-state index is 0.496. The fourth-order valence-electron chi connectivity index (χ4n) is 3.66. The van der Waals surface area contributed by atoms with Gasteiger partial charge >= 0.3 is 0 Å². The molecule has 0 atom stereocenters. The Morgan fingerprint density at radius 2 is 1.88 bits per heavy atom. The minimum atomic E-state index is 0.496. The molecule has 130 valence electrons. The molecule has 1 aliphatic carbocycles. The zero-order chi connectivity index (χ0) is 17.2. The summed E-state index contributed by atoms with van der Waals surface area (Å²) in [5.41, 5.74) is 2.75. The molecule has 1 aromatic carbocycles. The van der Waals surface area contributed by atoms with Crippen molar-refractivity contribution < 1.29 is 9.47 Å². The number of benzene rings is 1.